The lowest BCUT2D eigenvalue weighted by atomic mass is 10.2. The number of nitrogens with zero attached hydrogens (tertiary/aromatic N) is 1. The fourth-order valence-electron chi connectivity index (χ4n) is 2.78. The molecule has 4 rings (SSSR count). The topological polar surface area (TPSA) is 64.4 Å². The molecule has 4 aromatic rings. The highest BCUT2D eigenvalue weighted by molar-refractivity contribution is 6.33. The van der Waals surface area contributed by atoms with Gasteiger partial charge in [0.25, 0.3) is 5.91 Å². The van der Waals surface area contributed by atoms with E-state index >= 15 is 0 Å². The Bertz CT molecular complexity index is 1140. The van der Waals surface area contributed by atoms with Gasteiger partial charge in [-0.2, -0.15) is 0 Å². The lowest BCUT2D eigenvalue weighted by Crippen LogP contribution is -2.12. The molecular formula is C21H15ClN2O3. The molecule has 1 N–H and O–H groups in total. The van der Waals surface area contributed by atoms with E-state index in [0.29, 0.717) is 39.0 Å². The third-order valence-corrected chi connectivity index (χ3v) is 4.43. The highest BCUT2D eigenvalue weighted by Crippen LogP contribution is 2.31. The number of anilines is 1. The van der Waals surface area contributed by atoms with Crippen molar-refractivity contribution < 1.29 is 13.9 Å². The normalized spacial score (nSPS) is 10.7. The number of fused-ring (bicyclic) bond motifs is 1. The summed E-state index contributed by atoms with van der Waals surface area (Å²) in [6.07, 6.45) is 0. The van der Waals surface area contributed by atoms with Crippen LogP contribution < -0.4 is 10.1 Å². The summed E-state index contributed by atoms with van der Waals surface area (Å²) in [5.41, 5.74) is 3.01. The van der Waals surface area contributed by atoms with Gasteiger partial charge in [0, 0.05) is 11.8 Å². The third kappa shape index (κ3) is 3.37. The van der Waals surface area contributed by atoms with Crippen molar-refractivity contribution in [2.24, 2.45) is 0 Å². The zero-order valence-corrected chi connectivity index (χ0v) is 15.2. The molecule has 5 nitrogen and oxygen atoms in total. The predicted molar refractivity (Wildman–Crippen MR) is 105 cm³/mol. The van der Waals surface area contributed by atoms with Crippen molar-refractivity contribution >= 4 is 34.3 Å². The second-order valence-electron chi connectivity index (χ2n) is 5.84. The number of hydrogen-bond acceptors (Lipinski definition) is 4. The Morgan fingerprint density at radius 2 is 1.85 bits per heavy atom. The molecule has 0 spiro atoms. The van der Waals surface area contributed by atoms with E-state index in [1.165, 1.54) is 7.11 Å². The molecule has 1 amide bonds. The number of methoxy groups -OCH3 is 1. The van der Waals surface area contributed by atoms with E-state index < -0.39 is 0 Å². The molecule has 0 radical (unpaired) electrons. The molecule has 134 valence electrons. The van der Waals surface area contributed by atoms with Gasteiger partial charge < -0.3 is 14.5 Å². The fraction of sp³-hybridized carbons (Fsp3) is 0.0476. The second kappa shape index (κ2) is 7.13. The van der Waals surface area contributed by atoms with Crippen LogP contribution in [0.5, 0.6) is 5.75 Å². The molecule has 0 bridgehead atoms. The number of ether oxygens (including phenoxy) is 1. The van der Waals surface area contributed by atoms with Crippen LogP contribution in [0.4, 0.5) is 5.69 Å². The quantitative estimate of drug-likeness (QED) is 0.515. The molecule has 0 unspecified atom stereocenters. The zero-order valence-electron chi connectivity index (χ0n) is 14.4. The smallest absolute Gasteiger partial charge is 0.259 e. The van der Waals surface area contributed by atoms with Crippen molar-refractivity contribution in [2.75, 3.05) is 12.4 Å². The summed E-state index contributed by atoms with van der Waals surface area (Å²) in [5.74, 6) is 0.679. The number of amides is 1. The van der Waals surface area contributed by atoms with Gasteiger partial charge in [-0.1, -0.05) is 35.9 Å². The lowest BCUT2D eigenvalue weighted by molar-refractivity contribution is 0.102. The average Bonchev–Trinajstić information content (AvgIpc) is 3.11. The Kier molecular flexibility index (Phi) is 4.52. The van der Waals surface area contributed by atoms with E-state index in [0.717, 1.165) is 5.56 Å². The van der Waals surface area contributed by atoms with Crippen LogP contribution in [0, 0.1) is 0 Å². The summed E-state index contributed by atoms with van der Waals surface area (Å²) in [5, 5.41) is 3.42. The van der Waals surface area contributed by atoms with Crippen molar-refractivity contribution in [1.29, 1.82) is 0 Å². The predicted octanol–water partition coefficient (Wildman–Crippen LogP) is 5.41. The van der Waals surface area contributed by atoms with Crippen LogP contribution in [0.15, 0.2) is 71.1 Å². The summed E-state index contributed by atoms with van der Waals surface area (Å²) in [7, 11) is 1.53. The molecule has 6 heteroatoms. The number of carbonyl (C=O) groups is 1. The average molecular weight is 379 g/mol. The first-order valence-corrected chi connectivity index (χ1v) is 8.63. The number of oxazole rings is 1. The zero-order chi connectivity index (χ0) is 18.8. The van der Waals surface area contributed by atoms with Crippen molar-refractivity contribution in [3.05, 3.63) is 77.3 Å². The number of para-hydroxylation sites is 1. The third-order valence-electron chi connectivity index (χ3n) is 4.10. The van der Waals surface area contributed by atoms with Gasteiger partial charge in [0.05, 0.1) is 23.3 Å². The Morgan fingerprint density at radius 3 is 2.67 bits per heavy atom. The SMILES string of the molecule is COc1ccccc1C(=O)Nc1ccc2nc(-c3ccccc3Cl)oc2c1. The van der Waals surface area contributed by atoms with Crippen LogP contribution in [0.25, 0.3) is 22.6 Å². The molecule has 3 aromatic carbocycles. The van der Waals surface area contributed by atoms with Gasteiger partial charge in [-0.15, -0.1) is 0 Å². The van der Waals surface area contributed by atoms with Gasteiger partial charge in [0.2, 0.25) is 5.89 Å². The Balaban J connectivity index is 1.64. The second-order valence-corrected chi connectivity index (χ2v) is 6.24. The molecule has 0 saturated carbocycles. The molecule has 1 heterocycles. The summed E-state index contributed by atoms with van der Waals surface area (Å²) < 4.78 is 11.1. The van der Waals surface area contributed by atoms with Crippen molar-refractivity contribution in [1.82, 2.24) is 4.98 Å². The lowest BCUT2D eigenvalue weighted by Gasteiger charge is -2.08. The van der Waals surface area contributed by atoms with Gasteiger partial charge >= 0.3 is 0 Å². The summed E-state index contributed by atoms with van der Waals surface area (Å²) >= 11 is 6.21. The van der Waals surface area contributed by atoms with Crippen LogP contribution in [-0.2, 0) is 0 Å². The van der Waals surface area contributed by atoms with Gasteiger partial charge in [-0.25, -0.2) is 4.98 Å². The van der Waals surface area contributed by atoms with Crippen LogP contribution in [-0.4, -0.2) is 18.0 Å². The van der Waals surface area contributed by atoms with E-state index in [2.05, 4.69) is 10.3 Å². The van der Waals surface area contributed by atoms with E-state index in [1.807, 2.05) is 24.3 Å². The Morgan fingerprint density at radius 1 is 1.07 bits per heavy atom. The first-order valence-electron chi connectivity index (χ1n) is 8.25. The number of halogens is 1. The van der Waals surface area contributed by atoms with Crippen LogP contribution >= 0.6 is 11.6 Å². The van der Waals surface area contributed by atoms with Gasteiger partial charge in [-0.05, 0) is 36.4 Å². The molecule has 27 heavy (non-hydrogen) atoms. The maximum atomic E-state index is 12.5. The number of aromatic nitrogens is 1. The maximum Gasteiger partial charge on any atom is 0.259 e. The maximum absolute atomic E-state index is 12.5. The molecule has 0 aliphatic carbocycles. The number of rotatable bonds is 4. The number of benzene rings is 3. The minimum absolute atomic E-state index is 0.266. The Hall–Kier alpha value is -3.31. The molecular weight excluding hydrogens is 364 g/mol. The fourth-order valence-corrected chi connectivity index (χ4v) is 3.00. The molecule has 0 aliphatic rings. The summed E-state index contributed by atoms with van der Waals surface area (Å²) in [4.78, 5) is 17.0. The van der Waals surface area contributed by atoms with Crippen molar-refractivity contribution in [3.8, 4) is 17.2 Å². The van der Waals surface area contributed by atoms with E-state index in [-0.39, 0.29) is 5.91 Å². The molecule has 0 atom stereocenters. The number of hydrogen-bond donors (Lipinski definition) is 1. The van der Waals surface area contributed by atoms with E-state index in [4.69, 9.17) is 20.8 Å². The van der Waals surface area contributed by atoms with Crippen LogP contribution in [0.2, 0.25) is 5.02 Å². The minimum Gasteiger partial charge on any atom is -0.496 e. The van der Waals surface area contributed by atoms with Crippen LogP contribution in [0.1, 0.15) is 10.4 Å². The molecule has 0 saturated heterocycles. The van der Waals surface area contributed by atoms with E-state index in [1.54, 1.807) is 42.5 Å². The number of nitrogens with one attached hydrogen (secondary N) is 1. The molecule has 0 aliphatic heterocycles. The highest BCUT2D eigenvalue weighted by atomic mass is 35.5. The van der Waals surface area contributed by atoms with Gasteiger partial charge in [0.15, 0.2) is 5.58 Å². The molecule has 1 aromatic heterocycles. The van der Waals surface area contributed by atoms with Gasteiger partial charge in [0.1, 0.15) is 11.3 Å². The molecule has 0 fully saturated rings. The van der Waals surface area contributed by atoms with Crippen molar-refractivity contribution in [3.63, 3.8) is 0 Å². The number of carbonyl (C=O) groups excluding carboxylic acids is 1. The summed E-state index contributed by atoms with van der Waals surface area (Å²) in [6.45, 7) is 0. The van der Waals surface area contributed by atoms with Gasteiger partial charge in [-0.3, -0.25) is 4.79 Å². The monoisotopic (exact) mass is 378 g/mol. The summed E-state index contributed by atoms with van der Waals surface area (Å²) in [6, 6.07) is 19.7. The first-order chi connectivity index (χ1) is 13.2. The first kappa shape index (κ1) is 17.1. The van der Waals surface area contributed by atoms with E-state index in [9.17, 15) is 4.79 Å². The standard InChI is InChI=1S/C21H15ClN2O3/c1-26-18-9-5-3-7-15(18)20(25)23-13-10-11-17-19(12-13)27-21(24-17)14-6-2-4-8-16(14)22/h2-12H,1H3,(H,23,25). The largest absolute Gasteiger partial charge is 0.496 e. The highest BCUT2D eigenvalue weighted by Gasteiger charge is 2.14. The minimum atomic E-state index is -0.266. The van der Waals surface area contributed by atoms with Crippen LogP contribution in [0.3, 0.4) is 0 Å². The van der Waals surface area contributed by atoms with Crippen molar-refractivity contribution in [2.45, 2.75) is 0 Å². The Labute approximate surface area is 160 Å².